The monoisotopic (exact) mass is 372 g/mol. The van der Waals surface area contributed by atoms with E-state index in [1.54, 1.807) is 0 Å². The number of hydrogen-bond acceptors (Lipinski definition) is 5. The van der Waals surface area contributed by atoms with Gasteiger partial charge in [0.1, 0.15) is 0 Å². The van der Waals surface area contributed by atoms with Crippen LogP contribution in [0.1, 0.15) is 26.3 Å². The van der Waals surface area contributed by atoms with Crippen LogP contribution in [0.15, 0.2) is 57.6 Å². The van der Waals surface area contributed by atoms with Crippen LogP contribution in [0, 0.1) is 0 Å². The molecule has 0 unspecified atom stereocenters. The van der Waals surface area contributed by atoms with Crippen LogP contribution in [-0.2, 0) is 15.4 Å². The molecule has 7 nitrogen and oxygen atoms in total. The summed E-state index contributed by atoms with van der Waals surface area (Å²) in [5.41, 5.74) is 2.66. The number of nitrogens with zero attached hydrogens (tertiary/aromatic N) is 2. The lowest BCUT2D eigenvalue weighted by molar-refractivity contribution is 0.459. The van der Waals surface area contributed by atoms with E-state index in [1.807, 2.05) is 18.2 Å². The summed E-state index contributed by atoms with van der Waals surface area (Å²) in [6.07, 6.45) is 0. The highest BCUT2D eigenvalue weighted by atomic mass is 32.2. The maximum absolute atomic E-state index is 11.3. The molecule has 2 aromatic carbocycles. The molecule has 0 bridgehead atoms. The second-order valence-corrected chi connectivity index (χ2v) is 8.63. The maximum atomic E-state index is 11.3. The molecular weight excluding hydrogens is 352 g/mol. The average Bonchev–Trinajstić information content (AvgIpc) is 2.86. The highest BCUT2D eigenvalue weighted by Gasteiger charge is 2.17. The van der Waals surface area contributed by atoms with Crippen LogP contribution >= 0.6 is 0 Å². The van der Waals surface area contributed by atoms with E-state index in [0.29, 0.717) is 11.4 Å². The van der Waals surface area contributed by atoms with E-state index in [0.717, 1.165) is 16.5 Å². The molecule has 4 N–H and O–H groups in total. The molecule has 8 heteroatoms. The number of rotatable bonds is 3. The summed E-state index contributed by atoms with van der Waals surface area (Å²) >= 11 is 0. The molecule has 1 heterocycles. The number of primary sulfonamides is 1. The molecule has 3 rings (SSSR count). The van der Waals surface area contributed by atoms with Gasteiger partial charge < -0.3 is 10.1 Å². The van der Waals surface area contributed by atoms with Gasteiger partial charge in [-0.15, -0.1) is 5.11 Å². The van der Waals surface area contributed by atoms with Gasteiger partial charge in [-0.2, -0.15) is 5.11 Å². The van der Waals surface area contributed by atoms with Crippen molar-refractivity contribution in [3.05, 3.63) is 48.0 Å². The van der Waals surface area contributed by atoms with Crippen LogP contribution in [0.25, 0.3) is 10.9 Å². The van der Waals surface area contributed by atoms with Crippen molar-refractivity contribution >= 4 is 32.3 Å². The molecule has 0 saturated carbocycles. The van der Waals surface area contributed by atoms with Crippen molar-refractivity contribution in [2.75, 3.05) is 0 Å². The van der Waals surface area contributed by atoms with Crippen LogP contribution in [0.5, 0.6) is 5.88 Å². The first-order valence-electron chi connectivity index (χ1n) is 7.95. The Morgan fingerprint density at radius 2 is 1.69 bits per heavy atom. The van der Waals surface area contributed by atoms with Crippen LogP contribution in [-0.4, -0.2) is 18.5 Å². The van der Waals surface area contributed by atoms with E-state index in [4.69, 9.17) is 5.14 Å². The Morgan fingerprint density at radius 1 is 1.04 bits per heavy atom. The van der Waals surface area contributed by atoms with Crippen LogP contribution in [0.3, 0.4) is 0 Å². The summed E-state index contributed by atoms with van der Waals surface area (Å²) in [6, 6.07) is 11.6. The Bertz CT molecular complexity index is 1090. The van der Waals surface area contributed by atoms with Crippen molar-refractivity contribution in [2.45, 2.75) is 31.1 Å². The van der Waals surface area contributed by atoms with Crippen molar-refractivity contribution in [2.24, 2.45) is 15.4 Å². The normalized spacial score (nSPS) is 12.9. The largest absolute Gasteiger partial charge is 0.493 e. The number of aromatic amines is 1. The Labute approximate surface area is 151 Å². The van der Waals surface area contributed by atoms with Gasteiger partial charge >= 0.3 is 0 Å². The summed E-state index contributed by atoms with van der Waals surface area (Å²) in [7, 11) is -3.75. The Kier molecular flexibility index (Phi) is 4.33. The molecular formula is C18H20N4O3S. The summed E-state index contributed by atoms with van der Waals surface area (Å²) < 4.78 is 22.5. The number of aromatic hydroxyl groups is 1. The number of nitrogens with two attached hydrogens (primary N) is 1. The number of fused-ring (bicyclic) bond motifs is 1. The standard InChI is InChI=1S/C18H20N4O3S/c1-18(2,3)11-4-9-14-15(10-11)20-17(23)16(14)22-21-12-5-7-13(8-6-12)26(19,24)25/h4-10,20,23H,1-3H3,(H2,19,24,25). The second kappa shape index (κ2) is 6.22. The van der Waals surface area contributed by atoms with Crippen LogP contribution < -0.4 is 5.14 Å². The molecule has 0 fully saturated rings. The predicted molar refractivity (Wildman–Crippen MR) is 101 cm³/mol. The molecule has 0 spiro atoms. The van der Waals surface area contributed by atoms with Crippen LogP contribution in [0.2, 0.25) is 0 Å². The van der Waals surface area contributed by atoms with E-state index in [9.17, 15) is 13.5 Å². The van der Waals surface area contributed by atoms with Gasteiger partial charge in [0.05, 0.1) is 16.1 Å². The highest BCUT2D eigenvalue weighted by Crippen LogP contribution is 2.38. The number of aromatic nitrogens is 1. The lowest BCUT2D eigenvalue weighted by atomic mass is 9.87. The van der Waals surface area contributed by atoms with E-state index < -0.39 is 10.0 Å². The molecule has 0 aliphatic heterocycles. The molecule has 26 heavy (non-hydrogen) atoms. The summed E-state index contributed by atoms with van der Waals surface area (Å²) in [5, 5.41) is 24.1. The predicted octanol–water partition coefficient (Wildman–Crippen LogP) is 4.23. The number of sulfonamides is 1. The second-order valence-electron chi connectivity index (χ2n) is 7.07. The molecule has 0 aliphatic carbocycles. The topological polar surface area (TPSA) is 121 Å². The fourth-order valence-corrected chi connectivity index (χ4v) is 3.06. The van der Waals surface area contributed by atoms with Gasteiger partial charge in [-0.25, -0.2) is 13.6 Å². The molecule has 0 atom stereocenters. The Hall–Kier alpha value is -2.71. The van der Waals surface area contributed by atoms with Gasteiger partial charge in [-0.05, 0) is 41.3 Å². The Balaban J connectivity index is 1.96. The number of nitrogens with one attached hydrogen (secondary N) is 1. The third-order valence-corrected chi connectivity index (χ3v) is 4.98. The minimum Gasteiger partial charge on any atom is -0.493 e. The minimum absolute atomic E-state index is 0.00102. The number of azo groups is 1. The molecule has 0 radical (unpaired) electrons. The molecule has 136 valence electrons. The SMILES string of the molecule is CC(C)(C)c1ccc2c(N=Nc3ccc(S(N)(=O)=O)cc3)c(O)[nH]c2c1. The van der Waals surface area contributed by atoms with Crippen molar-refractivity contribution in [1.82, 2.24) is 4.98 Å². The number of H-pyrrole nitrogens is 1. The molecule has 0 aliphatic rings. The molecule has 0 saturated heterocycles. The van der Waals surface area contributed by atoms with Crippen molar-refractivity contribution < 1.29 is 13.5 Å². The quantitative estimate of drug-likeness (QED) is 0.596. The minimum atomic E-state index is -3.75. The van der Waals surface area contributed by atoms with E-state index in [1.165, 1.54) is 24.3 Å². The average molecular weight is 372 g/mol. The first kappa shape index (κ1) is 18.1. The third-order valence-electron chi connectivity index (χ3n) is 4.05. The van der Waals surface area contributed by atoms with Crippen molar-refractivity contribution in [1.29, 1.82) is 0 Å². The van der Waals surface area contributed by atoms with E-state index in [2.05, 4.69) is 36.0 Å². The third kappa shape index (κ3) is 3.61. The van der Waals surface area contributed by atoms with E-state index in [-0.39, 0.29) is 16.2 Å². The first-order chi connectivity index (χ1) is 12.1. The lowest BCUT2D eigenvalue weighted by Crippen LogP contribution is -2.11. The smallest absolute Gasteiger partial charge is 0.238 e. The summed E-state index contributed by atoms with van der Waals surface area (Å²) in [5.74, 6) is -0.0732. The fourth-order valence-electron chi connectivity index (χ4n) is 2.55. The maximum Gasteiger partial charge on any atom is 0.238 e. The van der Waals surface area contributed by atoms with Gasteiger partial charge in [-0.1, -0.05) is 32.9 Å². The summed E-state index contributed by atoms with van der Waals surface area (Å²) in [4.78, 5) is 2.91. The van der Waals surface area contributed by atoms with Gasteiger partial charge in [0.15, 0.2) is 5.69 Å². The van der Waals surface area contributed by atoms with Gasteiger partial charge in [0.2, 0.25) is 15.9 Å². The molecule has 0 amide bonds. The number of benzene rings is 2. The van der Waals surface area contributed by atoms with Crippen molar-refractivity contribution in [3.8, 4) is 5.88 Å². The van der Waals surface area contributed by atoms with Gasteiger partial charge in [-0.3, -0.25) is 0 Å². The molecule has 3 aromatic rings. The lowest BCUT2D eigenvalue weighted by Gasteiger charge is -2.18. The van der Waals surface area contributed by atoms with Gasteiger partial charge in [0, 0.05) is 5.39 Å². The zero-order valence-electron chi connectivity index (χ0n) is 14.7. The van der Waals surface area contributed by atoms with E-state index >= 15 is 0 Å². The zero-order chi connectivity index (χ0) is 19.1. The Morgan fingerprint density at radius 3 is 2.27 bits per heavy atom. The zero-order valence-corrected chi connectivity index (χ0v) is 15.5. The van der Waals surface area contributed by atoms with Gasteiger partial charge in [0.25, 0.3) is 0 Å². The fraction of sp³-hybridized carbons (Fsp3) is 0.222. The molecule has 1 aromatic heterocycles. The summed E-state index contributed by atoms with van der Waals surface area (Å²) in [6.45, 7) is 6.34. The van der Waals surface area contributed by atoms with Crippen LogP contribution in [0.4, 0.5) is 11.4 Å². The highest BCUT2D eigenvalue weighted by molar-refractivity contribution is 7.89. The first-order valence-corrected chi connectivity index (χ1v) is 9.50. The van der Waals surface area contributed by atoms with Crippen molar-refractivity contribution in [3.63, 3.8) is 0 Å². The number of hydrogen-bond donors (Lipinski definition) is 3.